The third-order valence-electron chi connectivity index (χ3n) is 5.52. The third-order valence-corrected chi connectivity index (χ3v) is 5.52. The van der Waals surface area contributed by atoms with Crippen LogP contribution in [0, 0.1) is 6.92 Å². The third kappa shape index (κ3) is 4.82. The van der Waals surface area contributed by atoms with Gasteiger partial charge in [0, 0.05) is 25.8 Å². The number of benzene rings is 2. The number of piperidine rings is 1. The van der Waals surface area contributed by atoms with Crippen molar-refractivity contribution in [3.63, 3.8) is 0 Å². The number of nitrogens with zero attached hydrogens (tertiary/aromatic N) is 4. The molecule has 1 aromatic heterocycles. The predicted molar refractivity (Wildman–Crippen MR) is 121 cm³/mol. The summed E-state index contributed by atoms with van der Waals surface area (Å²) >= 11 is 0. The molecular formula is C21H28Cl2N6O. The van der Waals surface area contributed by atoms with E-state index in [1.54, 1.807) is 7.11 Å². The summed E-state index contributed by atoms with van der Waals surface area (Å²) in [6.45, 7) is 3.41. The SMILES string of the molecule is CO[C@]1(c2ccccc2)NCC(n2nnnc2C)C[C@H]1NCc1ccccc1.Cl.Cl. The number of rotatable bonds is 6. The second kappa shape index (κ2) is 10.8. The van der Waals surface area contributed by atoms with Crippen LogP contribution >= 0.6 is 24.8 Å². The van der Waals surface area contributed by atoms with Crippen molar-refractivity contribution in [2.75, 3.05) is 13.7 Å². The van der Waals surface area contributed by atoms with E-state index in [9.17, 15) is 0 Å². The largest absolute Gasteiger partial charge is 0.358 e. The number of hydrogen-bond acceptors (Lipinski definition) is 6. The Morgan fingerprint density at radius 1 is 1.10 bits per heavy atom. The number of halogens is 2. The minimum Gasteiger partial charge on any atom is -0.358 e. The van der Waals surface area contributed by atoms with E-state index < -0.39 is 5.72 Å². The average molecular weight is 451 g/mol. The molecule has 1 unspecified atom stereocenters. The lowest BCUT2D eigenvalue weighted by Crippen LogP contribution is -2.63. The standard InChI is InChI=1S/C21H26N6O.2ClH/c1-16-24-25-26-27(16)19-13-20(22-14-17-9-5-3-6-10-17)21(28-2,23-15-19)18-11-7-4-8-12-18;;/h3-12,19-20,22-23H,13-15H2,1-2H3;2*1H/t19?,20-,21+;;/m1../s1. The number of methoxy groups -OCH3 is 1. The molecular weight excluding hydrogens is 423 g/mol. The Bertz CT molecular complexity index is 895. The Kier molecular flexibility index (Phi) is 8.76. The van der Waals surface area contributed by atoms with Crippen molar-refractivity contribution < 1.29 is 4.74 Å². The molecule has 0 bridgehead atoms. The summed E-state index contributed by atoms with van der Waals surface area (Å²) in [5.74, 6) is 0.818. The molecule has 4 rings (SSSR count). The molecule has 2 heterocycles. The lowest BCUT2D eigenvalue weighted by molar-refractivity contribution is -0.0990. The summed E-state index contributed by atoms with van der Waals surface area (Å²) in [6.07, 6.45) is 0.842. The first-order chi connectivity index (χ1) is 13.7. The molecule has 0 radical (unpaired) electrons. The Morgan fingerprint density at radius 2 is 1.77 bits per heavy atom. The van der Waals surface area contributed by atoms with E-state index in [4.69, 9.17) is 4.74 Å². The highest BCUT2D eigenvalue weighted by Crippen LogP contribution is 2.35. The maximum absolute atomic E-state index is 6.13. The lowest BCUT2D eigenvalue weighted by atomic mass is 9.85. The van der Waals surface area contributed by atoms with Gasteiger partial charge in [-0.25, -0.2) is 4.68 Å². The van der Waals surface area contributed by atoms with E-state index in [2.05, 4.69) is 62.6 Å². The van der Waals surface area contributed by atoms with Gasteiger partial charge in [0.25, 0.3) is 0 Å². The zero-order valence-electron chi connectivity index (χ0n) is 17.1. The van der Waals surface area contributed by atoms with Crippen LogP contribution in [0.5, 0.6) is 0 Å². The van der Waals surface area contributed by atoms with Gasteiger partial charge in [0.1, 0.15) is 5.82 Å². The fourth-order valence-electron chi connectivity index (χ4n) is 4.06. The molecule has 3 atom stereocenters. The first kappa shape index (κ1) is 24.2. The Morgan fingerprint density at radius 3 is 2.37 bits per heavy atom. The topological polar surface area (TPSA) is 76.9 Å². The van der Waals surface area contributed by atoms with Crippen LogP contribution in [-0.2, 0) is 17.0 Å². The summed E-state index contributed by atoms with van der Waals surface area (Å²) in [5, 5.41) is 19.4. The Hall–Kier alpha value is -2.03. The van der Waals surface area contributed by atoms with E-state index in [-0.39, 0.29) is 36.9 Å². The Labute approximate surface area is 189 Å². The van der Waals surface area contributed by atoms with Gasteiger partial charge in [0.2, 0.25) is 0 Å². The summed E-state index contributed by atoms with van der Waals surface area (Å²) in [5.41, 5.74) is 1.73. The molecule has 30 heavy (non-hydrogen) atoms. The van der Waals surface area contributed by atoms with Crippen LogP contribution in [0.4, 0.5) is 0 Å². The molecule has 0 spiro atoms. The zero-order valence-corrected chi connectivity index (χ0v) is 18.7. The number of aromatic nitrogens is 4. The molecule has 0 aliphatic carbocycles. The second-order valence-electron chi connectivity index (χ2n) is 7.17. The van der Waals surface area contributed by atoms with Crippen LogP contribution in [0.3, 0.4) is 0 Å². The lowest BCUT2D eigenvalue weighted by Gasteiger charge is -2.47. The van der Waals surface area contributed by atoms with Crippen LogP contribution in [0.15, 0.2) is 60.7 Å². The van der Waals surface area contributed by atoms with Gasteiger partial charge in [0.15, 0.2) is 5.72 Å². The molecule has 9 heteroatoms. The van der Waals surface area contributed by atoms with Crippen LogP contribution in [-0.4, -0.2) is 39.9 Å². The van der Waals surface area contributed by atoms with Gasteiger partial charge in [-0.2, -0.15) is 0 Å². The Balaban J connectivity index is 0.00000160. The van der Waals surface area contributed by atoms with E-state index in [0.29, 0.717) is 0 Å². The van der Waals surface area contributed by atoms with Crippen molar-refractivity contribution in [1.82, 2.24) is 30.8 Å². The van der Waals surface area contributed by atoms with E-state index >= 15 is 0 Å². The monoisotopic (exact) mass is 450 g/mol. The van der Waals surface area contributed by atoms with Crippen molar-refractivity contribution >= 4 is 24.8 Å². The normalized spacial score (nSPS) is 23.3. The fourth-order valence-corrected chi connectivity index (χ4v) is 4.06. The number of hydrogen-bond donors (Lipinski definition) is 2. The highest BCUT2D eigenvalue weighted by Gasteiger charge is 2.46. The van der Waals surface area contributed by atoms with Gasteiger partial charge in [-0.3, -0.25) is 5.32 Å². The van der Waals surface area contributed by atoms with E-state index in [0.717, 1.165) is 30.9 Å². The van der Waals surface area contributed by atoms with Crippen LogP contribution in [0.1, 0.15) is 29.4 Å². The van der Waals surface area contributed by atoms with Gasteiger partial charge < -0.3 is 10.1 Å². The van der Waals surface area contributed by atoms with Crippen molar-refractivity contribution in [1.29, 1.82) is 0 Å². The highest BCUT2D eigenvalue weighted by molar-refractivity contribution is 5.85. The first-order valence-corrected chi connectivity index (χ1v) is 9.60. The molecule has 3 aromatic rings. The highest BCUT2D eigenvalue weighted by atomic mass is 35.5. The maximum atomic E-state index is 6.13. The molecule has 0 saturated carbocycles. The molecule has 1 saturated heterocycles. The molecule has 2 aromatic carbocycles. The number of tetrazole rings is 1. The number of ether oxygens (including phenoxy) is 1. The van der Waals surface area contributed by atoms with Gasteiger partial charge in [-0.05, 0) is 29.3 Å². The molecule has 1 aliphatic rings. The summed E-state index contributed by atoms with van der Waals surface area (Å²) in [6, 6.07) is 20.9. The quantitative estimate of drug-likeness (QED) is 0.600. The molecule has 1 aliphatic heterocycles. The molecule has 2 N–H and O–H groups in total. The van der Waals surface area contributed by atoms with Crippen LogP contribution in [0.25, 0.3) is 0 Å². The van der Waals surface area contributed by atoms with E-state index in [1.807, 2.05) is 35.9 Å². The minimum atomic E-state index is -0.617. The number of aryl methyl sites for hydroxylation is 1. The predicted octanol–water partition coefficient (Wildman–Crippen LogP) is 3.02. The van der Waals surface area contributed by atoms with Crippen molar-refractivity contribution in [2.45, 2.75) is 37.7 Å². The zero-order chi connectivity index (χ0) is 19.4. The van der Waals surface area contributed by atoms with Gasteiger partial charge >= 0.3 is 0 Å². The summed E-state index contributed by atoms with van der Waals surface area (Å²) in [4.78, 5) is 0. The fraction of sp³-hybridized carbons (Fsp3) is 0.381. The average Bonchev–Trinajstić information content (AvgIpc) is 3.19. The number of nitrogens with one attached hydrogen (secondary N) is 2. The van der Waals surface area contributed by atoms with Gasteiger partial charge in [-0.1, -0.05) is 60.7 Å². The smallest absolute Gasteiger partial charge is 0.160 e. The van der Waals surface area contributed by atoms with Crippen LogP contribution < -0.4 is 10.6 Å². The second-order valence-corrected chi connectivity index (χ2v) is 7.17. The van der Waals surface area contributed by atoms with Crippen molar-refractivity contribution in [2.24, 2.45) is 0 Å². The molecule has 0 amide bonds. The maximum Gasteiger partial charge on any atom is 0.160 e. The van der Waals surface area contributed by atoms with Crippen molar-refractivity contribution in [3.8, 4) is 0 Å². The minimum absolute atomic E-state index is 0. The first-order valence-electron chi connectivity index (χ1n) is 9.60. The van der Waals surface area contributed by atoms with E-state index in [1.165, 1.54) is 5.56 Å². The van der Waals surface area contributed by atoms with Crippen molar-refractivity contribution in [3.05, 3.63) is 77.6 Å². The molecule has 162 valence electrons. The molecule has 7 nitrogen and oxygen atoms in total. The molecule has 1 fully saturated rings. The van der Waals surface area contributed by atoms with Gasteiger partial charge in [0.05, 0.1) is 12.1 Å². The van der Waals surface area contributed by atoms with Gasteiger partial charge in [-0.15, -0.1) is 29.9 Å². The van der Waals surface area contributed by atoms with Crippen LogP contribution in [0.2, 0.25) is 0 Å². The summed E-state index contributed by atoms with van der Waals surface area (Å²) < 4.78 is 8.02. The summed E-state index contributed by atoms with van der Waals surface area (Å²) in [7, 11) is 1.76.